The van der Waals surface area contributed by atoms with Crippen LogP contribution in [0.5, 0.6) is 11.5 Å². The number of methoxy groups -OCH3 is 1. The zero-order valence-corrected chi connectivity index (χ0v) is 15.4. The van der Waals surface area contributed by atoms with Crippen LogP contribution in [0.1, 0.15) is 11.1 Å². The van der Waals surface area contributed by atoms with Gasteiger partial charge < -0.3 is 19.5 Å². The fourth-order valence-corrected chi connectivity index (χ4v) is 2.22. The third-order valence-electron chi connectivity index (χ3n) is 3.59. The van der Waals surface area contributed by atoms with Gasteiger partial charge in [0.25, 0.3) is 5.91 Å². The maximum atomic E-state index is 13.5. The highest BCUT2D eigenvalue weighted by atomic mass is 19.3. The normalized spacial score (nSPS) is 10.8. The summed E-state index contributed by atoms with van der Waals surface area (Å²) in [6, 6.07) is 10.1. The molecule has 6 nitrogen and oxygen atoms in total. The number of nitrogens with one attached hydrogen (secondary N) is 1. The molecule has 0 bridgehead atoms. The Kier molecular flexibility index (Phi) is 8.08. The van der Waals surface area contributed by atoms with Crippen LogP contribution in [0.4, 0.5) is 13.2 Å². The summed E-state index contributed by atoms with van der Waals surface area (Å²) in [5, 5.41) is 2.43. The number of benzene rings is 2. The number of ether oxygens (including phenoxy) is 3. The summed E-state index contributed by atoms with van der Waals surface area (Å²) >= 11 is 0. The Morgan fingerprint density at radius 3 is 2.59 bits per heavy atom. The first-order valence-corrected chi connectivity index (χ1v) is 8.37. The summed E-state index contributed by atoms with van der Waals surface area (Å²) in [5.41, 5.74) is 0.768. The van der Waals surface area contributed by atoms with Crippen molar-refractivity contribution in [2.45, 2.75) is 13.2 Å². The summed E-state index contributed by atoms with van der Waals surface area (Å²) in [5.74, 6) is -1.92. The Hall–Kier alpha value is -3.49. The predicted molar refractivity (Wildman–Crippen MR) is 97.9 cm³/mol. The van der Waals surface area contributed by atoms with Crippen LogP contribution in [0, 0.1) is 5.82 Å². The number of carbonyl (C=O) groups excluding carboxylic acids is 2. The number of alkyl halides is 2. The van der Waals surface area contributed by atoms with Gasteiger partial charge in [-0.25, -0.2) is 9.18 Å². The molecule has 0 unspecified atom stereocenters. The van der Waals surface area contributed by atoms with Gasteiger partial charge in [0.1, 0.15) is 5.82 Å². The summed E-state index contributed by atoms with van der Waals surface area (Å²) in [6.07, 6.45) is 2.42. The van der Waals surface area contributed by atoms with E-state index in [1.165, 1.54) is 49.6 Å². The molecule has 2 rings (SSSR count). The highest BCUT2D eigenvalue weighted by Crippen LogP contribution is 2.29. The largest absolute Gasteiger partial charge is 0.493 e. The zero-order chi connectivity index (χ0) is 21.2. The van der Waals surface area contributed by atoms with Gasteiger partial charge in [-0.3, -0.25) is 4.79 Å². The first-order chi connectivity index (χ1) is 13.9. The summed E-state index contributed by atoms with van der Waals surface area (Å²) in [4.78, 5) is 23.4. The maximum Gasteiger partial charge on any atom is 0.387 e. The number of esters is 1. The summed E-state index contributed by atoms with van der Waals surface area (Å²) in [6.45, 7) is -3.57. The molecule has 0 aliphatic carbocycles. The van der Waals surface area contributed by atoms with E-state index in [9.17, 15) is 22.8 Å². The van der Waals surface area contributed by atoms with Gasteiger partial charge in [-0.05, 0) is 29.8 Å². The van der Waals surface area contributed by atoms with Crippen molar-refractivity contribution in [1.82, 2.24) is 5.32 Å². The van der Waals surface area contributed by atoms with E-state index >= 15 is 0 Å². The molecule has 1 amide bonds. The molecule has 0 saturated heterocycles. The number of halogens is 3. The van der Waals surface area contributed by atoms with Crippen LogP contribution in [0.15, 0.2) is 48.5 Å². The average molecular weight is 409 g/mol. The molecule has 0 saturated carbocycles. The highest BCUT2D eigenvalue weighted by molar-refractivity contribution is 5.89. The molecule has 0 aromatic heterocycles. The second-order valence-electron chi connectivity index (χ2n) is 5.60. The molecule has 0 aliphatic heterocycles. The van der Waals surface area contributed by atoms with E-state index in [0.29, 0.717) is 11.1 Å². The van der Waals surface area contributed by atoms with Gasteiger partial charge in [-0.2, -0.15) is 8.78 Å². The van der Waals surface area contributed by atoms with E-state index < -0.39 is 30.9 Å². The highest BCUT2D eigenvalue weighted by Gasteiger charge is 2.11. The lowest BCUT2D eigenvalue weighted by Crippen LogP contribution is -2.28. The minimum Gasteiger partial charge on any atom is -0.493 e. The van der Waals surface area contributed by atoms with E-state index in [1.54, 1.807) is 6.07 Å². The molecule has 0 heterocycles. The first kappa shape index (κ1) is 21.8. The van der Waals surface area contributed by atoms with Crippen LogP contribution >= 0.6 is 0 Å². The fraction of sp³-hybridized carbons (Fsp3) is 0.200. The Labute approximate surface area is 164 Å². The lowest BCUT2D eigenvalue weighted by Gasteiger charge is -2.10. The molecule has 0 aliphatic rings. The third kappa shape index (κ3) is 7.21. The third-order valence-corrected chi connectivity index (χ3v) is 3.59. The van der Waals surface area contributed by atoms with Crippen molar-refractivity contribution in [2.75, 3.05) is 13.7 Å². The first-order valence-electron chi connectivity index (χ1n) is 8.37. The molecule has 0 spiro atoms. The van der Waals surface area contributed by atoms with Gasteiger partial charge in [0.05, 0.1) is 7.11 Å². The number of rotatable bonds is 9. The standard InChI is InChI=1S/C20H18F3NO5/c1-27-17-10-13(6-8-16(17)29-20(22)23)7-9-19(26)28-12-18(25)24-11-14-4-2-3-5-15(14)21/h2-10,20H,11-12H2,1H3,(H,24,25)/b9-7+. The number of hydrogen-bond acceptors (Lipinski definition) is 5. The SMILES string of the molecule is COc1cc(/C=C/C(=O)OCC(=O)NCc2ccccc2F)ccc1OC(F)F. The molecule has 154 valence electrons. The molecule has 9 heteroatoms. The monoisotopic (exact) mass is 409 g/mol. The number of amides is 1. The molecule has 1 N–H and O–H groups in total. The van der Waals surface area contributed by atoms with Crippen molar-refractivity contribution in [3.05, 3.63) is 65.5 Å². The summed E-state index contributed by atoms with van der Waals surface area (Å²) < 4.78 is 52.1. The van der Waals surface area contributed by atoms with Crippen molar-refractivity contribution in [3.63, 3.8) is 0 Å². The van der Waals surface area contributed by atoms with Crippen LogP contribution in [-0.4, -0.2) is 32.2 Å². The lowest BCUT2D eigenvalue weighted by molar-refractivity contribution is -0.143. The van der Waals surface area contributed by atoms with E-state index in [4.69, 9.17) is 9.47 Å². The van der Waals surface area contributed by atoms with Crippen molar-refractivity contribution in [1.29, 1.82) is 0 Å². The molecule has 0 fully saturated rings. The van der Waals surface area contributed by atoms with Crippen molar-refractivity contribution < 1.29 is 37.0 Å². The quantitative estimate of drug-likeness (QED) is 0.508. The predicted octanol–water partition coefficient (Wildman–Crippen LogP) is 3.31. The minimum atomic E-state index is -3.00. The van der Waals surface area contributed by atoms with Crippen LogP contribution in [0.2, 0.25) is 0 Å². The van der Waals surface area contributed by atoms with Crippen LogP contribution in [-0.2, 0) is 20.9 Å². The second-order valence-corrected chi connectivity index (χ2v) is 5.60. The Morgan fingerprint density at radius 2 is 1.90 bits per heavy atom. The van der Waals surface area contributed by atoms with Gasteiger partial charge in [-0.15, -0.1) is 0 Å². The van der Waals surface area contributed by atoms with Gasteiger partial charge in [0, 0.05) is 18.2 Å². The minimum absolute atomic E-state index is 0.0360. The van der Waals surface area contributed by atoms with Crippen LogP contribution in [0.3, 0.4) is 0 Å². The van der Waals surface area contributed by atoms with Gasteiger partial charge >= 0.3 is 12.6 Å². The molecule has 2 aromatic carbocycles. The maximum absolute atomic E-state index is 13.5. The Morgan fingerprint density at radius 1 is 1.14 bits per heavy atom. The van der Waals surface area contributed by atoms with Crippen LogP contribution < -0.4 is 14.8 Å². The molecule has 0 atom stereocenters. The van der Waals surface area contributed by atoms with Gasteiger partial charge in [0.15, 0.2) is 18.1 Å². The average Bonchev–Trinajstić information content (AvgIpc) is 2.70. The molecule has 29 heavy (non-hydrogen) atoms. The second kappa shape index (κ2) is 10.7. The van der Waals surface area contributed by atoms with Gasteiger partial charge in [-0.1, -0.05) is 24.3 Å². The van der Waals surface area contributed by atoms with E-state index in [1.807, 2.05) is 0 Å². The lowest BCUT2D eigenvalue weighted by atomic mass is 10.2. The van der Waals surface area contributed by atoms with E-state index in [2.05, 4.69) is 10.1 Å². The molecular formula is C20H18F3NO5. The zero-order valence-electron chi connectivity index (χ0n) is 15.4. The summed E-state index contributed by atoms with van der Waals surface area (Å²) in [7, 11) is 1.29. The topological polar surface area (TPSA) is 73.9 Å². The fourth-order valence-electron chi connectivity index (χ4n) is 2.22. The molecule has 0 radical (unpaired) electrons. The molecule has 2 aromatic rings. The number of hydrogen-bond donors (Lipinski definition) is 1. The molecular weight excluding hydrogens is 391 g/mol. The number of carbonyl (C=O) groups is 2. The van der Waals surface area contributed by atoms with Crippen molar-refractivity contribution in [3.8, 4) is 11.5 Å². The van der Waals surface area contributed by atoms with Crippen molar-refractivity contribution in [2.24, 2.45) is 0 Å². The smallest absolute Gasteiger partial charge is 0.387 e. The van der Waals surface area contributed by atoms with Crippen LogP contribution in [0.25, 0.3) is 6.08 Å². The van der Waals surface area contributed by atoms with Crippen molar-refractivity contribution >= 4 is 18.0 Å². The van der Waals surface area contributed by atoms with Gasteiger partial charge in [0.2, 0.25) is 0 Å². The van der Waals surface area contributed by atoms with E-state index in [-0.39, 0.29) is 18.0 Å². The Balaban J connectivity index is 1.83. The Bertz CT molecular complexity index is 886. The van der Waals surface area contributed by atoms with E-state index in [0.717, 1.165) is 6.08 Å².